The fraction of sp³-hybridized carbons (Fsp3) is 0.450. The summed E-state index contributed by atoms with van der Waals surface area (Å²) in [5.41, 5.74) is 1.24. The summed E-state index contributed by atoms with van der Waals surface area (Å²) in [4.78, 5) is 63.7. The van der Waals surface area contributed by atoms with Crippen molar-refractivity contribution in [3.63, 3.8) is 0 Å². The highest BCUT2D eigenvalue weighted by Gasteiger charge is 2.45. The summed E-state index contributed by atoms with van der Waals surface area (Å²) in [6.07, 6.45) is 1.28. The van der Waals surface area contributed by atoms with Gasteiger partial charge in [-0.05, 0) is 44.0 Å². The number of rotatable bonds is 4. The molecule has 0 aliphatic carbocycles. The molecule has 2 saturated heterocycles. The molecule has 29 heavy (non-hydrogen) atoms. The van der Waals surface area contributed by atoms with Crippen LogP contribution >= 0.6 is 0 Å². The molecule has 0 aromatic heterocycles. The number of carbonyl (C=O) groups excluding carboxylic acids is 4. The van der Waals surface area contributed by atoms with Crippen LogP contribution in [0.2, 0.25) is 0 Å². The molecule has 1 unspecified atom stereocenters. The van der Waals surface area contributed by atoms with Crippen LogP contribution < -0.4 is 5.32 Å². The number of nitrogens with zero attached hydrogens (tertiary/aromatic N) is 2. The van der Waals surface area contributed by atoms with Crippen molar-refractivity contribution in [3.8, 4) is 0 Å². The Morgan fingerprint density at radius 2 is 1.79 bits per heavy atom. The van der Waals surface area contributed by atoms with Crippen molar-refractivity contribution in [2.24, 2.45) is 5.92 Å². The summed E-state index contributed by atoms with van der Waals surface area (Å²) in [6.45, 7) is 1.62. The van der Waals surface area contributed by atoms with E-state index in [2.05, 4.69) is 10.2 Å². The van der Waals surface area contributed by atoms with Crippen LogP contribution in [0, 0.1) is 5.92 Å². The highest BCUT2D eigenvalue weighted by molar-refractivity contribution is 6.24. The first-order valence-corrected chi connectivity index (χ1v) is 9.65. The molecule has 2 fully saturated rings. The van der Waals surface area contributed by atoms with Gasteiger partial charge in [0.15, 0.2) is 0 Å². The summed E-state index contributed by atoms with van der Waals surface area (Å²) in [6, 6.07) is 4.07. The molecule has 3 aliphatic heterocycles. The van der Waals surface area contributed by atoms with Gasteiger partial charge in [-0.2, -0.15) is 0 Å². The molecule has 1 aromatic rings. The number of likely N-dealkylation sites (tertiary alicyclic amines) is 1. The monoisotopic (exact) mass is 399 g/mol. The molecule has 0 radical (unpaired) electrons. The van der Waals surface area contributed by atoms with E-state index in [1.165, 1.54) is 0 Å². The molecule has 0 saturated carbocycles. The summed E-state index contributed by atoms with van der Waals surface area (Å²) < 4.78 is 0. The minimum absolute atomic E-state index is 0.0786. The molecular weight excluding hydrogens is 378 g/mol. The number of hydrogen-bond acceptors (Lipinski definition) is 6. The summed E-state index contributed by atoms with van der Waals surface area (Å²) >= 11 is 0. The molecular formula is C20H21N3O6. The average Bonchev–Trinajstić information content (AvgIpc) is 2.94. The smallest absolute Gasteiger partial charge is 0.306 e. The van der Waals surface area contributed by atoms with Gasteiger partial charge < -0.3 is 5.11 Å². The van der Waals surface area contributed by atoms with Gasteiger partial charge in [0.25, 0.3) is 11.8 Å². The van der Waals surface area contributed by atoms with Gasteiger partial charge in [-0.25, -0.2) is 0 Å². The van der Waals surface area contributed by atoms with E-state index in [0.717, 1.165) is 4.90 Å². The topological polar surface area (TPSA) is 124 Å². The number of benzene rings is 1. The van der Waals surface area contributed by atoms with Gasteiger partial charge in [0.1, 0.15) is 6.04 Å². The van der Waals surface area contributed by atoms with Crippen LogP contribution in [0.25, 0.3) is 0 Å². The number of amides is 4. The Labute approximate surface area is 166 Å². The lowest BCUT2D eigenvalue weighted by atomic mass is 9.96. The van der Waals surface area contributed by atoms with Crippen LogP contribution in [-0.4, -0.2) is 63.6 Å². The number of nitrogens with one attached hydrogen (secondary N) is 1. The number of carboxylic acid groups (broad SMARTS) is 1. The van der Waals surface area contributed by atoms with E-state index in [9.17, 15) is 24.0 Å². The molecule has 4 rings (SSSR count). The third-order valence-corrected chi connectivity index (χ3v) is 5.89. The highest BCUT2D eigenvalue weighted by Crippen LogP contribution is 2.31. The Morgan fingerprint density at radius 3 is 2.45 bits per heavy atom. The first-order valence-electron chi connectivity index (χ1n) is 9.65. The maximum absolute atomic E-state index is 13.1. The van der Waals surface area contributed by atoms with Gasteiger partial charge in [0.2, 0.25) is 11.8 Å². The molecule has 2 N–H and O–H groups in total. The van der Waals surface area contributed by atoms with Crippen molar-refractivity contribution < 1.29 is 29.1 Å². The van der Waals surface area contributed by atoms with E-state index in [4.69, 9.17) is 5.11 Å². The van der Waals surface area contributed by atoms with E-state index < -0.39 is 35.6 Å². The van der Waals surface area contributed by atoms with Crippen molar-refractivity contribution in [1.29, 1.82) is 0 Å². The maximum atomic E-state index is 13.1. The lowest BCUT2D eigenvalue weighted by molar-refractivity contribution is -0.143. The third kappa shape index (κ3) is 3.42. The number of hydrogen-bond donors (Lipinski definition) is 2. The Kier molecular flexibility index (Phi) is 4.91. The SMILES string of the molecule is O=C1CCC(N2C(=O)c3cccc(CN4CCC(C(=O)O)CC4)c3C2=O)C(=O)N1. The van der Waals surface area contributed by atoms with Gasteiger partial charge in [0, 0.05) is 13.0 Å². The second-order valence-corrected chi connectivity index (χ2v) is 7.68. The lowest BCUT2D eigenvalue weighted by Crippen LogP contribution is -2.54. The molecule has 9 heteroatoms. The number of carboxylic acids is 1. The fourth-order valence-electron chi connectivity index (χ4n) is 4.30. The number of carbonyl (C=O) groups is 5. The van der Waals surface area contributed by atoms with Crippen LogP contribution in [0.15, 0.2) is 18.2 Å². The van der Waals surface area contributed by atoms with Gasteiger partial charge >= 0.3 is 5.97 Å². The third-order valence-electron chi connectivity index (χ3n) is 5.89. The molecule has 4 amide bonds. The van der Waals surface area contributed by atoms with Crippen LogP contribution in [0.5, 0.6) is 0 Å². The zero-order valence-electron chi connectivity index (χ0n) is 15.7. The number of fused-ring (bicyclic) bond motifs is 1. The Morgan fingerprint density at radius 1 is 1.07 bits per heavy atom. The van der Waals surface area contributed by atoms with Crippen molar-refractivity contribution >= 4 is 29.6 Å². The van der Waals surface area contributed by atoms with Crippen LogP contribution in [-0.2, 0) is 20.9 Å². The summed E-state index contributed by atoms with van der Waals surface area (Å²) in [5, 5.41) is 11.3. The van der Waals surface area contributed by atoms with E-state index in [0.29, 0.717) is 43.6 Å². The van der Waals surface area contributed by atoms with Crippen LogP contribution in [0.3, 0.4) is 0 Å². The quantitative estimate of drug-likeness (QED) is 0.702. The average molecular weight is 399 g/mol. The van der Waals surface area contributed by atoms with Gasteiger partial charge in [-0.3, -0.25) is 39.1 Å². The lowest BCUT2D eigenvalue weighted by Gasteiger charge is -2.30. The molecule has 3 aliphatic rings. The molecule has 1 aromatic carbocycles. The highest BCUT2D eigenvalue weighted by atomic mass is 16.4. The van der Waals surface area contributed by atoms with E-state index in [-0.39, 0.29) is 24.3 Å². The largest absolute Gasteiger partial charge is 0.481 e. The second kappa shape index (κ2) is 7.40. The number of aliphatic carboxylic acids is 1. The minimum atomic E-state index is -0.987. The summed E-state index contributed by atoms with van der Waals surface area (Å²) in [5.74, 6) is -3.22. The standard InChI is InChI=1S/C20H21N3O6/c24-15-5-4-14(17(25)21-15)23-18(26)13-3-1-2-12(16(13)19(23)27)10-22-8-6-11(7-9-22)20(28)29/h1-3,11,14H,4-10H2,(H,28,29)(H,21,24,25). The normalized spacial score (nSPS) is 23.3. The van der Waals surface area contributed by atoms with Crippen molar-refractivity contribution in [2.45, 2.75) is 38.3 Å². The van der Waals surface area contributed by atoms with Gasteiger partial charge in [-0.15, -0.1) is 0 Å². The van der Waals surface area contributed by atoms with Crippen LogP contribution in [0.4, 0.5) is 0 Å². The zero-order valence-corrected chi connectivity index (χ0v) is 15.7. The summed E-state index contributed by atoms with van der Waals surface area (Å²) in [7, 11) is 0. The van der Waals surface area contributed by atoms with Crippen molar-refractivity contribution in [1.82, 2.24) is 15.1 Å². The predicted octanol–water partition coefficient (Wildman–Crippen LogP) is 0.384. The van der Waals surface area contributed by atoms with E-state index in [1.807, 2.05) is 0 Å². The Bertz CT molecular complexity index is 919. The molecule has 0 spiro atoms. The molecule has 1 atom stereocenters. The van der Waals surface area contributed by atoms with Crippen molar-refractivity contribution in [2.75, 3.05) is 13.1 Å². The molecule has 152 valence electrons. The number of piperidine rings is 2. The van der Waals surface area contributed by atoms with Gasteiger partial charge in [-0.1, -0.05) is 12.1 Å². The van der Waals surface area contributed by atoms with Gasteiger partial charge in [0.05, 0.1) is 17.0 Å². The van der Waals surface area contributed by atoms with E-state index in [1.54, 1.807) is 18.2 Å². The molecule has 3 heterocycles. The van der Waals surface area contributed by atoms with Crippen LogP contribution in [0.1, 0.15) is 52.0 Å². The fourth-order valence-corrected chi connectivity index (χ4v) is 4.30. The first-order chi connectivity index (χ1) is 13.9. The second-order valence-electron chi connectivity index (χ2n) is 7.68. The zero-order chi connectivity index (χ0) is 20.7. The minimum Gasteiger partial charge on any atom is -0.481 e. The maximum Gasteiger partial charge on any atom is 0.306 e. The first kappa shape index (κ1) is 19.3. The Balaban J connectivity index is 1.55. The predicted molar refractivity (Wildman–Crippen MR) is 98.8 cm³/mol. The van der Waals surface area contributed by atoms with E-state index >= 15 is 0 Å². The Hall–Kier alpha value is -3.07. The van der Waals surface area contributed by atoms with Crippen molar-refractivity contribution in [3.05, 3.63) is 34.9 Å². The molecule has 0 bridgehead atoms. The number of imide groups is 2. The molecule has 9 nitrogen and oxygen atoms in total.